The fourth-order valence-electron chi connectivity index (χ4n) is 2.15. The number of anilines is 1. The average molecular weight is 342 g/mol. The Hall–Kier alpha value is -0.810. The van der Waals surface area contributed by atoms with Crippen LogP contribution in [0.2, 0.25) is 0 Å². The van der Waals surface area contributed by atoms with E-state index in [0.29, 0.717) is 18.9 Å². The molecule has 0 amide bonds. The van der Waals surface area contributed by atoms with Crippen molar-refractivity contribution in [1.82, 2.24) is 0 Å². The van der Waals surface area contributed by atoms with Gasteiger partial charge < -0.3 is 10.5 Å². The van der Waals surface area contributed by atoms with Gasteiger partial charge in [-0.1, -0.05) is 26.7 Å². The van der Waals surface area contributed by atoms with E-state index in [9.17, 15) is 4.79 Å². The van der Waals surface area contributed by atoms with E-state index < -0.39 is 0 Å². The molecule has 0 bridgehead atoms. The first-order valence-corrected chi connectivity index (χ1v) is 10.0. The van der Waals surface area contributed by atoms with Crippen LogP contribution >= 0.6 is 23.5 Å². The molecule has 2 N–H and O–H groups in total. The number of hydrogen-bond donors (Lipinski definition) is 1. The molecule has 1 atom stereocenters. The lowest BCUT2D eigenvalue weighted by Crippen LogP contribution is -2.14. The maximum atomic E-state index is 11.8. The molecule has 0 aromatic heterocycles. The van der Waals surface area contributed by atoms with Crippen LogP contribution in [0.1, 0.15) is 39.5 Å². The summed E-state index contributed by atoms with van der Waals surface area (Å²) in [5.41, 5.74) is 6.76. The second kappa shape index (κ2) is 10.8. The summed E-state index contributed by atoms with van der Waals surface area (Å²) in [6, 6.07) is 6.04. The Kier molecular flexibility index (Phi) is 9.48. The highest BCUT2D eigenvalue weighted by molar-refractivity contribution is 7.99. The minimum atomic E-state index is -0.101. The molecule has 0 fully saturated rings. The third-order valence-corrected chi connectivity index (χ3v) is 5.34. The molecule has 0 spiro atoms. The van der Waals surface area contributed by atoms with Crippen LogP contribution in [0.4, 0.5) is 5.69 Å². The number of thioether (sulfide) groups is 2. The summed E-state index contributed by atoms with van der Waals surface area (Å²) in [6.07, 6.45) is 5.78. The van der Waals surface area contributed by atoms with Gasteiger partial charge in [0.15, 0.2) is 0 Å². The number of ether oxygens (including phenoxy) is 1. The van der Waals surface area contributed by atoms with Gasteiger partial charge in [0.05, 0.1) is 13.0 Å². The molecule has 0 radical (unpaired) electrons. The van der Waals surface area contributed by atoms with Crippen LogP contribution in [0, 0.1) is 5.92 Å². The van der Waals surface area contributed by atoms with Gasteiger partial charge in [-0.2, -0.15) is 0 Å². The predicted octanol–water partition coefficient (Wildman–Crippen LogP) is 4.84. The number of carbonyl (C=O) groups excluding carboxylic acids is 1. The van der Waals surface area contributed by atoms with Gasteiger partial charge in [0, 0.05) is 21.2 Å². The summed E-state index contributed by atoms with van der Waals surface area (Å²) >= 11 is 3.28. The van der Waals surface area contributed by atoms with E-state index in [0.717, 1.165) is 40.5 Å². The Morgan fingerprint density at radius 1 is 1.36 bits per heavy atom. The molecule has 5 heteroatoms. The Bertz CT molecular complexity index is 466. The molecule has 22 heavy (non-hydrogen) atoms. The largest absolute Gasteiger partial charge is 0.465 e. The molecule has 1 unspecified atom stereocenters. The molecular weight excluding hydrogens is 314 g/mol. The molecule has 0 aliphatic rings. The number of nitrogens with two attached hydrogens (primary N) is 1. The molecule has 1 aromatic rings. The smallest absolute Gasteiger partial charge is 0.306 e. The predicted molar refractivity (Wildman–Crippen MR) is 97.6 cm³/mol. The summed E-state index contributed by atoms with van der Waals surface area (Å²) in [4.78, 5) is 13.9. The lowest BCUT2D eigenvalue weighted by molar-refractivity contribution is -0.144. The molecular formula is C17H27NO2S2. The Labute approximate surface area is 142 Å². The van der Waals surface area contributed by atoms with Crippen LogP contribution < -0.4 is 5.73 Å². The van der Waals surface area contributed by atoms with E-state index in [2.05, 4.69) is 13.8 Å². The molecule has 0 saturated heterocycles. The van der Waals surface area contributed by atoms with Gasteiger partial charge in [-0.3, -0.25) is 4.79 Å². The lowest BCUT2D eigenvalue weighted by atomic mass is 10.0. The van der Waals surface area contributed by atoms with Gasteiger partial charge in [0.25, 0.3) is 0 Å². The van der Waals surface area contributed by atoms with Crippen molar-refractivity contribution in [3.63, 3.8) is 0 Å². The zero-order chi connectivity index (χ0) is 16.4. The van der Waals surface area contributed by atoms with Crippen molar-refractivity contribution in [2.75, 3.05) is 24.3 Å². The number of hydrogen-bond acceptors (Lipinski definition) is 5. The maximum absolute atomic E-state index is 11.8. The van der Waals surface area contributed by atoms with Crippen LogP contribution in [0.3, 0.4) is 0 Å². The molecule has 1 rings (SSSR count). The normalized spacial score (nSPS) is 12.1. The highest BCUT2D eigenvalue weighted by Gasteiger charge is 2.10. The molecule has 1 aromatic carbocycles. The number of esters is 1. The fraction of sp³-hybridized carbons (Fsp3) is 0.588. The second-order valence-electron chi connectivity index (χ2n) is 5.25. The molecule has 0 saturated carbocycles. The maximum Gasteiger partial charge on any atom is 0.306 e. The Balaban J connectivity index is 2.28. The van der Waals surface area contributed by atoms with Crippen molar-refractivity contribution in [3.8, 4) is 0 Å². The lowest BCUT2D eigenvalue weighted by Gasteiger charge is -2.13. The summed E-state index contributed by atoms with van der Waals surface area (Å²) < 4.78 is 5.37. The highest BCUT2D eigenvalue weighted by atomic mass is 32.2. The van der Waals surface area contributed by atoms with Crippen molar-refractivity contribution in [2.24, 2.45) is 5.92 Å². The topological polar surface area (TPSA) is 52.3 Å². The highest BCUT2D eigenvalue weighted by Crippen LogP contribution is 2.28. The molecule has 0 aliphatic heterocycles. The minimum absolute atomic E-state index is 0.101. The van der Waals surface area contributed by atoms with Gasteiger partial charge in [0.1, 0.15) is 0 Å². The first-order valence-electron chi connectivity index (χ1n) is 7.82. The molecule has 3 nitrogen and oxygen atoms in total. The number of carbonyl (C=O) groups is 1. The van der Waals surface area contributed by atoms with Crippen molar-refractivity contribution in [3.05, 3.63) is 18.2 Å². The molecule has 0 heterocycles. The van der Waals surface area contributed by atoms with Crippen molar-refractivity contribution in [1.29, 1.82) is 0 Å². The number of nitrogen functional groups attached to an aromatic ring is 1. The monoisotopic (exact) mass is 341 g/mol. The number of benzene rings is 1. The quantitative estimate of drug-likeness (QED) is 0.375. The Morgan fingerprint density at radius 3 is 2.73 bits per heavy atom. The van der Waals surface area contributed by atoms with Crippen molar-refractivity contribution in [2.45, 2.75) is 49.3 Å². The van der Waals surface area contributed by atoms with E-state index >= 15 is 0 Å². The van der Waals surface area contributed by atoms with Gasteiger partial charge in [0.2, 0.25) is 0 Å². The standard InChI is InChI=1S/C17H27NO2S2/c1-4-6-13(5-2)12-20-17(19)9-10-22-14-7-8-16(21-3)15(18)11-14/h7-8,11,13H,4-6,9-10,12,18H2,1-3H3. The summed E-state index contributed by atoms with van der Waals surface area (Å²) in [5.74, 6) is 1.12. The summed E-state index contributed by atoms with van der Waals surface area (Å²) in [6.45, 7) is 4.87. The fourth-order valence-corrected chi connectivity index (χ4v) is 3.53. The van der Waals surface area contributed by atoms with Gasteiger partial charge in [-0.25, -0.2) is 0 Å². The van der Waals surface area contributed by atoms with Crippen molar-refractivity contribution >= 4 is 35.2 Å². The van der Waals surface area contributed by atoms with Crippen molar-refractivity contribution < 1.29 is 9.53 Å². The van der Waals surface area contributed by atoms with Crippen LogP contribution in [0.25, 0.3) is 0 Å². The zero-order valence-electron chi connectivity index (χ0n) is 13.8. The summed E-state index contributed by atoms with van der Waals surface area (Å²) in [5, 5.41) is 0. The van der Waals surface area contributed by atoms with Crippen LogP contribution in [-0.2, 0) is 9.53 Å². The van der Waals surface area contributed by atoms with E-state index in [4.69, 9.17) is 10.5 Å². The van der Waals surface area contributed by atoms with Crippen LogP contribution in [0.15, 0.2) is 28.0 Å². The third-order valence-electron chi connectivity index (χ3n) is 3.53. The Morgan fingerprint density at radius 2 is 2.14 bits per heavy atom. The second-order valence-corrected chi connectivity index (χ2v) is 7.26. The van der Waals surface area contributed by atoms with Crippen LogP contribution in [-0.4, -0.2) is 24.6 Å². The van der Waals surface area contributed by atoms with E-state index in [1.54, 1.807) is 23.5 Å². The van der Waals surface area contributed by atoms with Crippen LogP contribution in [0.5, 0.6) is 0 Å². The average Bonchev–Trinajstić information content (AvgIpc) is 2.51. The molecule has 0 aliphatic carbocycles. The van der Waals surface area contributed by atoms with Gasteiger partial charge >= 0.3 is 5.97 Å². The molecule has 124 valence electrons. The van der Waals surface area contributed by atoms with Gasteiger partial charge in [-0.05, 0) is 36.8 Å². The van der Waals surface area contributed by atoms with E-state index in [1.165, 1.54) is 0 Å². The first kappa shape index (κ1) is 19.2. The van der Waals surface area contributed by atoms with Gasteiger partial charge in [-0.15, -0.1) is 23.5 Å². The van der Waals surface area contributed by atoms with E-state index in [-0.39, 0.29) is 5.97 Å². The minimum Gasteiger partial charge on any atom is -0.465 e. The third kappa shape index (κ3) is 6.97. The van der Waals surface area contributed by atoms with E-state index in [1.807, 2.05) is 24.5 Å². The number of rotatable bonds is 10. The first-order chi connectivity index (χ1) is 10.6. The summed E-state index contributed by atoms with van der Waals surface area (Å²) in [7, 11) is 0. The zero-order valence-corrected chi connectivity index (χ0v) is 15.4. The SMILES string of the molecule is CCCC(CC)COC(=O)CCSc1ccc(SC)c(N)c1.